The number of hydrogen-bond donors (Lipinski definition) is 2. The average molecular weight is 559 g/mol. The van der Waals surface area contributed by atoms with Crippen LogP contribution in [0.15, 0.2) is 72.2 Å². The number of benzene rings is 2. The normalized spacial score (nSPS) is 18.4. The molecule has 1 fully saturated rings. The number of nitrogens with one attached hydrogen (secondary N) is 2. The first-order valence-electron chi connectivity index (χ1n) is 11.4. The molecule has 1 aliphatic rings. The second kappa shape index (κ2) is 12.7. The van der Waals surface area contributed by atoms with E-state index in [-0.39, 0.29) is 30.1 Å². The number of aryl methyl sites for hydroxylation is 1. The molecule has 1 aromatic heterocycles. The molecule has 1 saturated heterocycles. The van der Waals surface area contributed by atoms with Crippen molar-refractivity contribution in [3.8, 4) is 0 Å². The lowest BCUT2D eigenvalue weighted by atomic mass is 9.89. The second-order valence-corrected chi connectivity index (χ2v) is 8.46. The van der Waals surface area contributed by atoms with Gasteiger partial charge in [0.15, 0.2) is 5.96 Å². The third-order valence-electron chi connectivity index (χ3n) is 6.01. The highest BCUT2D eigenvalue weighted by Crippen LogP contribution is 2.33. The van der Waals surface area contributed by atoms with Crippen molar-refractivity contribution in [1.82, 2.24) is 20.2 Å². The summed E-state index contributed by atoms with van der Waals surface area (Å²) < 4.78 is 8.22. The summed E-state index contributed by atoms with van der Waals surface area (Å²) in [7, 11) is 1.82. The van der Waals surface area contributed by atoms with E-state index in [9.17, 15) is 0 Å². The predicted molar refractivity (Wildman–Crippen MR) is 144 cm³/mol. The molecule has 2 aromatic carbocycles. The fourth-order valence-electron chi connectivity index (χ4n) is 4.16. The van der Waals surface area contributed by atoms with E-state index in [1.54, 1.807) is 6.20 Å². The van der Waals surface area contributed by atoms with Crippen molar-refractivity contribution in [2.45, 2.75) is 39.0 Å². The number of halogens is 1. The van der Waals surface area contributed by atoms with Gasteiger partial charge in [0.2, 0.25) is 0 Å². The Kier molecular flexibility index (Phi) is 9.75. The third kappa shape index (κ3) is 7.30. The van der Waals surface area contributed by atoms with Crippen molar-refractivity contribution in [2.24, 2.45) is 10.9 Å². The fraction of sp³-hybridized carbons (Fsp3) is 0.385. The van der Waals surface area contributed by atoms with Crippen molar-refractivity contribution >= 4 is 29.9 Å². The Morgan fingerprint density at radius 1 is 1.09 bits per heavy atom. The van der Waals surface area contributed by atoms with Crippen LogP contribution in [-0.2, 0) is 17.8 Å². The number of aliphatic imine (C=N–C) groups is 1. The number of imidazole rings is 1. The summed E-state index contributed by atoms with van der Waals surface area (Å²) in [6, 6.07) is 17.4. The second-order valence-electron chi connectivity index (χ2n) is 8.46. The lowest BCUT2D eigenvalue weighted by Crippen LogP contribution is -2.41. The zero-order valence-corrected chi connectivity index (χ0v) is 21.7. The van der Waals surface area contributed by atoms with Gasteiger partial charge in [0.05, 0.1) is 12.4 Å². The van der Waals surface area contributed by atoms with Crippen LogP contribution in [0.2, 0.25) is 0 Å². The molecule has 0 amide bonds. The van der Waals surface area contributed by atoms with E-state index in [2.05, 4.69) is 80.6 Å². The minimum absolute atomic E-state index is 0. The summed E-state index contributed by atoms with van der Waals surface area (Å²) in [6.45, 7) is 5.35. The Balaban J connectivity index is 0.00000306. The molecular formula is C26H34IN5O. The minimum atomic E-state index is 0. The summed E-state index contributed by atoms with van der Waals surface area (Å²) in [6.07, 6.45) is 8.02. The maximum atomic E-state index is 6.15. The molecule has 3 aromatic rings. The van der Waals surface area contributed by atoms with Crippen LogP contribution in [-0.4, -0.2) is 35.7 Å². The van der Waals surface area contributed by atoms with Gasteiger partial charge in [-0.2, -0.15) is 0 Å². The van der Waals surface area contributed by atoms with Crippen LogP contribution >= 0.6 is 24.0 Å². The van der Waals surface area contributed by atoms with Crippen LogP contribution < -0.4 is 10.6 Å². The highest BCUT2D eigenvalue weighted by atomic mass is 127. The van der Waals surface area contributed by atoms with Crippen LogP contribution in [0.1, 0.15) is 41.2 Å². The number of rotatable bonds is 7. The SMILES string of the molecule is CN=C(NCc1ccc(Cn2ccnc2)cc1)NCC1CCCOC1c1ccc(C)cc1.I. The van der Waals surface area contributed by atoms with Crippen molar-refractivity contribution in [1.29, 1.82) is 0 Å². The quantitative estimate of drug-likeness (QED) is 0.251. The molecule has 1 aliphatic heterocycles. The molecule has 0 bridgehead atoms. The van der Waals surface area contributed by atoms with Crippen LogP contribution in [0.25, 0.3) is 0 Å². The van der Waals surface area contributed by atoms with Gasteiger partial charge in [-0.1, -0.05) is 54.1 Å². The van der Waals surface area contributed by atoms with Crippen molar-refractivity contribution < 1.29 is 4.74 Å². The Bertz CT molecular complexity index is 987. The first-order valence-corrected chi connectivity index (χ1v) is 11.4. The molecule has 2 heterocycles. The van der Waals surface area contributed by atoms with E-state index in [0.29, 0.717) is 5.92 Å². The van der Waals surface area contributed by atoms with E-state index < -0.39 is 0 Å². The lowest BCUT2D eigenvalue weighted by Gasteiger charge is -2.32. The Hall–Kier alpha value is -2.39. The minimum Gasteiger partial charge on any atom is -0.373 e. The smallest absolute Gasteiger partial charge is 0.191 e. The van der Waals surface area contributed by atoms with E-state index in [0.717, 1.165) is 45.0 Å². The maximum absolute atomic E-state index is 6.15. The summed E-state index contributed by atoms with van der Waals surface area (Å²) >= 11 is 0. The molecule has 6 nitrogen and oxygen atoms in total. The molecule has 4 rings (SSSR count). The molecule has 0 aliphatic carbocycles. The molecule has 0 saturated carbocycles. The van der Waals surface area contributed by atoms with Crippen LogP contribution in [0.5, 0.6) is 0 Å². The van der Waals surface area contributed by atoms with E-state index in [4.69, 9.17) is 4.74 Å². The molecule has 0 radical (unpaired) electrons. The Morgan fingerprint density at radius 2 is 1.85 bits per heavy atom. The predicted octanol–water partition coefficient (Wildman–Crippen LogP) is 4.69. The highest BCUT2D eigenvalue weighted by Gasteiger charge is 2.27. The van der Waals surface area contributed by atoms with Crippen molar-refractivity contribution in [2.75, 3.05) is 20.2 Å². The number of aromatic nitrogens is 2. The van der Waals surface area contributed by atoms with Gasteiger partial charge in [-0.05, 0) is 36.5 Å². The number of nitrogens with zero attached hydrogens (tertiary/aromatic N) is 3. The van der Waals surface area contributed by atoms with Gasteiger partial charge in [-0.15, -0.1) is 24.0 Å². The summed E-state index contributed by atoms with van der Waals surface area (Å²) in [4.78, 5) is 8.50. The fourth-order valence-corrected chi connectivity index (χ4v) is 4.16. The van der Waals surface area contributed by atoms with E-state index >= 15 is 0 Å². The lowest BCUT2D eigenvalue weighted by molar-refractivity contribution is -0.0265. The van der Waals surface area contributed by atoms with Gasteiger partial charge in [0.1, 0.15) is 0 Å². The molecule has 0 spiro atoms. The highest BCUT2D eigenvalue weighted by molar-refractivity contribution is 14.0. The summed E-state index contributed by atoms with van der Waals surface area (Å²) in [5.74, 6) is 1.24. The first-order chi connectivity index (χ1) is 15.7. The van der Waals surface area contributed by atoms with Crippen molar-refractivity contribution in [3.63, 3.8) is 0 Å². The summed E-state index contributed by atoms with van der Waals surface area (Å²) in [5.41, 5.74) is 5.02. The third-order valence-corrected chi connectivity index (χ3v) is 6.01. The monoisotopic (exact) mass is 559 g/mol. The zero-order chi connectivity index (χ0) is 22.2. The molecule has 176 valence electrons. The first kappa shape index (κ1) is 25.2. The molecule has 7 heteroatoms. The molecule has 2 unspecified atom stereocenters. The molecule has 2 N–H and O–H groups in total. The van der Waals surface area contributed by atoms with E-state index in [1.165, 1.54) is 22.3 Å². The Labute approximate surface area is 213 Å². The molecule has 33 heavy (non-hydrogen) atoms. The Morgan fingerprint density at radius 3 is 2.55 bits per heavy atom. The van der Waals surface area contributed by atoms with Crippen LogP contribution in [0, 0.1) is 12.8 Å². The van der Waals surface area contributed by atoms with E-state index in [1.807, 2.05) is 19.6 Å². The summed E-state index contributed by atoms with van der Waals surface area (Å²) in [5, 5.41) is 6.95. The number of ether oxygens (including phenoxy) is 1. The van der Waals surface area contributed by atoms with Gasteiger partial charge in [-0.25, -0.2) is 4.98 Å². The molecule has 2 atom stereocenters. The maximum Gasteiger partial charge on any atom is 0.191 e. The largest absolute Gasteiger partial charge is 0.373 e. The van der Waals surface area contributed by atoms with Gasteiger partial charge in [0.25, 0.3) is 0 Å². The van der Waals surface area contributed by atoms with Crippen LogP contribution in [0.3, 0.4) is 0 Å². The van der Waals surface area contributed by atoms with Gasteiger partial charge < -0.3 is 19.9 Å². The standard InChI is InChI=1S/C26H33N5O.HI/c1-20-5-11-23(12-6-20)25-24(4-3-15-32-25)17-30-26(27-2)29-16-21-7-9-22(10-8-21)18-31-14-13-28-19-31;/h5-14,19,24-25H,3-4,15-18H2,1-2H3,(H2,27,29,30);1H. The number of hydrogen-bond acceptors (Lipinski definition) is 3. The number of guanidine groups is 1. The van der Waals surface area contributed by atoms with Gasteiger partial charge >= 0.3 is 0 Å². The average Bonchev–Trinajstić information content (AvgIpc) is 3.34. The van der Waals surface area contributed by atoms with Crippen molar-refractivity contribution in [3.05, 3.63) is 89.5 Å². The molecular weight excluding hydrogens is 525 g/mol. The van der Waals surface area contributed by atoms with Gasteiger partial charge in [0, 0.05) is 51.6 Å². The van der Waals surface area contributed by atoms with Gasteiger partial charge in [-0.3, -0.25) is 4.99 Å². The zero-order valence-electron chi connectivity index (χ0n) is 19.4. The topological polar surface area (TPSA) is 63.5 Å². The van der Waals surface area contributed by atoms with Crippen LogP contribution in [0.4, 0.5) is 0 Å².